The molecule has 0 atom stereocenters. The third-order valence-corrected chi connectivity index (χ3v) is 8.12. The molecule has 0 spiro atoms. The van der Waals surface area contributed by atoms with Crippen LogP contribution < -0.4 is 5.32 Å². The average molecular weight is 599 g/mol. The number of rotatable bonds is 11. The second kappa shape index (κ2) is 14.1. The first kappa shape index (κ1) is 31.3. The topological polar surface area (TPSA) is 83.7 Å². The van der Waals surface area contributed by atoms with Crippen molar-refractivity contribution in [3.8, 4) is 0 Å². The van der Waals surface area contributed by atoms with Crippen LogP contribution in [-0.4, -0.2) is 86.5 Å². The van der Waals surface area contributed by atoms with Gasteiger partial charge in [0.15, 0.2) is 0 Å². The summed E-state index contributed by atoms with van der Waals surface area (Å²) >= 11 is 0. The van der Waals surface area contributed by atoms with Crippen LogP contribution in [0.2, 0.25) is 0 Å². The molecule has 0 unspecified atom stereocenters. The van der Waals surface area contributed by atoms with Crippen LogP contribution in [0.25, 0.3) is 10.9 Å². The quantitative estimate of drug-likeness (QED) is 0.301. The first-order valence-corrected chi connectivity index (χ1v) is 15.7. The van der Waals surface area contributed by atoms with Gasteiger partial charge in [-0.1, -0.05) is 25.1 Å². The zero-order valence-corrected chi connectivity index (χ0v) is 27.0. The molecule has 1 saturated heterocycles. The SMILES string of the molecule is CC=C(C(=O)Nc1cccc2c1cnn2Cc1cc(C)n(C(C)C)n1)N1C=CC(OCCN2CCN(C)CC2)=CC1=CCC. The van der Waals surface area contributed by atoms with Crippen LogP contribution in [0, 0.1) is 6.92 Å². The van der Waals surface area contributed by atoms with Crippen molar-refractivity contribution in [1.82, 2.24) is 34.3 Å². The summed E-state index contributed by atoms with van der Waals surface area (Å²) in [5, 5.41) is 13.4. The number of likely N-dealkylation sites (N-methyl/N-ethyl adjacent to an activating group) is 1. The van der Waals surface area contributed by atoms with E-state index in [2.05, 4.69) is 67.1 Å². The molecule has 1 amide bonds. The van der Waals surface area contributed by atoms with Crippen LogP contribution in [0.15, 0.2) is 78.1 Å². The minimum Gasteiger partial charge on any atom is -0.492 e. The molecule has 0 saturated carbocycles. The van der Waals surface area contributed by atoms with Crippen LogP contribution in [-0.2, 0) is 16.1 Å². The van der Waals surface area contributed by atoms with Crippen molar-refractivity contribution in [2.24, 2.45) is 0 Å². The van der Waals surface area contributed by atoms with Crippen molar-refractivity contribution in [1.29, 1.82) is 0 Å². The molecule has 0 bridgehead atoms. The number of fused-ring (bicyclic) bond motifs is 1. The lowest BCUT2D eigenvalue weighted by Crippen LogP contribution is -2.45. The summed E-state index contributed by atoms with van der Waals surface area (Å²) in [6.45, 7) is 16.7. The number of nitrogens with zero attached hydrogens (tertiary/aromatic N) is 7. The Kier molecular flexibility index (Phi) is 10.0. The predicted molar refractivity (Wildman–Crippen MR) is 176 cm³/mol. The molecular formula is C34H46N8O2. The summed E-state index contributed by atoms with van der Waals surface area (Å²) in [6, 6.07) is 8.28. The fraction of sp³-hybridized carbons (Fsp3) is 0.441. The fourth-order valence-corrected chi connectivity index (χ4v) is 5.75. The number of nitrogens with one attached hydrogen (secondary N) is 1. The van der Waals surface area contributed by atoms with Crippen molar-refractivity contribution >= 4 is 22.5 Å². The lowest BCUT2D eigenvalue weighted by Gasteiger charge is -2.32. The monoisotopic (exact) mass is 598 g/mol. The number of ether oxygens (including phenoxy) is 1. The van der Waals surface area contributed by atoms with Crippen LogP contribution in [0.3, 0.4) is 0 Å². The first-order valence-electron chi connectivity index (χ1n) is 15.7. The highest BCUT2D eigenvalue weighted by atomic mass is 16.5. The van der Waals surface area contributed by atoms with Crippen LogP contribution in [0.1, 0.15) is 51.5 Å². The molecule has 234 valence electrons. The Bertz CT molecular complexity index is 1580. The van der Waals surface area contributed by atoms with Gasteiger partial charge in [0.2, 0.25) is 0 Å². The van der Waals surface area contributed by atoms with Crippen LogP contribution >= 0.6 is 0 Å². The molecule has 44 heavy (non-hydrogen) atoms. The molecular weight excluding hydrogens is 552 g/mol. The van der Waals surface area contributed by atoms with E-state index in [9.17, 15) is 4.79 Å². The number of hydrogen-bond acceptors (Lipinski definition) is 7. The summed E-state index contributed by atoms with van der Waals surface area (Å²) in [5.41, 5.74) is 5.18. The van der Waals surface area contributed by atoms with E-state index in [1.807, 2.05) is 70.0 Å². The van der Waals surface area contributed by atoms with Crippen molar-refractivity contribution in [3.63, 3.8) is 0 Å². The second-order valence-corrected chi connectivity index (χ2v) is 11.7. The minimum absolute atomic E-state index is 0.196. The van der Waals surface area contributed by atoms with Gasteiger partial charge in [-0.3, -0.25) is 19.1 Å². The molecule has 1 fully saturated rings. The Balaban J connectivity index is 1.26. The summed E-state index contributed by atoms with van der Waals surface area (Å²) in [5.74, 6) is 0.607. The van der Waals surface area contributed by atoms with Gasteiger partial charge in [-0.2, -0.15) is 10.2 Å². The highest BCUT2D eigenvalue weighted by molar-refractivity contribution is 6.08. The zero-order chi connectivity index (χ0) is 31.2. The molecule has 3 aromatic rings. The number of carbonyl (C=O) groups excluding carboxylic acids is 1. The average Bonchev–Trinajstić information content (AvgIpc) is 3.59. The lowest BCUT2D eigenvalue weighted by molar-refractivity contribution is -0.113. The minimum atomic E-state index is -0.196. The Labute approximate surface area is 260 Å². The first-order chi connectivity index (χ1) is 21.3. The summed E-state index contributed by atoms with van der Waals surface area (Å²) in [4.78, 5) is 20.4. The van der Waals surface area contributed by atoms with Crippen molar-refractivity contribution in [2.75, 3.05) is 51.7 Å². The number of piperazine rings is 1. The molecule has 0 aliphatic carbocycles. The molecule has 2 aromatic heterocycles. The third-order valence-electron chi connectivity index (χ3n) is 8.12. The molecule has 0 radical (unpaired) electrons. The summed E-state index contributed by atoms with van der Waals surface area (Å²) in [6.07, 6.45) is 12.4. The van der Waals surface area contributed by atoms with E-state index in [0.29, 0.717) is 30.6 Å². The van der Waals surface area contributed by atoms with Gasteiger partial charge in [0.05, 0.1) is 29.6 Å². The van der Waals surface area contributed by atoms with Crippen LogP contribution in [0.5, 0.6) is 0 Å². The molecule has 5 rings (SSSR count). The number of anilines is 1. The molecule has 2 aliphatic rings. The number of benzene rings is 1. The second-order valence-electron chi connectivity index (χ2n) is 11.7. The Morgan fingerprint density at radius 3 is 2.68 bits per heavy atom. The van der Waals surface area contributed by atoms with Gasteiger partial charge in [0.25, 0.3) is 5.91 Å². The van der Waals surface area contributed by atoms with E-state index < -0.39 is 0 Å². The number of aromatic nitrogens is 4. The molecule has 10 nitrogen and oxygen atoms in total. The zero-order valence-electron chi connectivity index (χ0n) is 27.0. The highest BCUT2D eigenvalue weighted by Crippen LogP contribution is 2.27. The van der Waals surface area contributed by atoms with E-state index in [1.165, 1.54) is 0 Å². The van der Waals surface area contributed by atoms with Crippen molar-refractivity contribution in [3.05, 3.63) is 89.5 Å². The number of amides is 1. The van der Waals surface area contributed by atoms with Crippen molar-refractivity contribution < 1.29 is 9.53 Å². The van der Waals surface area contributed by atoms with Gasteiger partial charge in [-0.05, 0) is 65.4 Å². The van der Waals surface area contributed by atoms with E-state index in [-0.39, 0.29) is 5.91 Å². The maximum absolute atomic E-state index is 13.7. The highest BCUT2D eigenvalue weighted by Gasteiger charge is 2.22. The smallest absolute Gasteiger partial charge is 0.272 e. The Hall–Kier alpha value is -4.15. The number of aryl methyl sites for hydroxylation is 1. The van der Waals surface area contributed by atoms with Gasteiger partial charge >= 0.3 is 0 Å². The molecule has 4 heterocycles. The Morgan fingerprint density at radius 2 is 1.98 bits per heavy atom. The maximum atomic E-state index is 13.7. The number of carbonyl (C=O) groups is 1. The molecule has 1 N–H and O–H groups in total. The van der Waals surface area contributed by atoms with E-state index >= 15 is 0 Å². The van der Waals surface area contributed by atoms with Gasteiger partial charge < -0.3 is 19.9 Å². The predicted octanol–water partition coefficient (Wildman–Crippen LogP) is 5.28. The largest absolute Gasteiger partial charge is 0.492 e. The molecule has 1 aromatic carbocycles. The standard InChI is InChI=1S/C34H46N8O2/c1-7-10-28-22-29(44-20-19-39-17-15-38(6)16-18-39)13-14-40(28)32(8-2)34(43)36-31-11-9-12-33-30(31)23-35-41(33)24-27-21-26(5)42(37-27)25(3)4/h8-14,21-23,25H,7,15-20,24H2,1-6H3,(H,36,43). The maximum Gasteiger partial charge on any atom is 0.272 e. The van der Waals surface area contributed by atoms with E-state index in [0.717, 1.165) is 72.9 Å². The molecule has 2 aliphatic heterocycles. The van der Waals surface area contributed by atoms with Gasteiger partial charge in [-0.15, -0.1) is 0 Å². The summed E-state index contributed by atoms with van der Waals surface area (Å²) < 4.78 is 10.1. The third kappa shape index (κ3) is 7.14. The normalized spacial score (nSPS) is 17.6. The van der Waals surface area contributed by atoms with E-state index in [1.54, 1.807) is 0 Å². The fourth-order valence-electron chi connectivity index (χ4n) is 5.75. The summed E-state index contributed by atoms with van der Waals surface area (Å²) in [7, 11) is 2.17. The van der Waals surface area contributed by atoms with Gasteiger partial charge in [0, 0.05) is 67.8 Å². The van der Waals surface area contributed by atoms with Gasteiger partial charge in [-0.25, -0.2) is 0 Å². The van der Waals surface area contributed by atoms with Gasteiger partial charge in [0.1, 0.15) is 18.1 Å². The number of hydrogen-bond donors (Lipinski definition) is 1. The van der Waals surface area contributed by atoms with E-state index in [4.69, 9.17) is 9.84 Å². The lowest BCUT2D eigenvalue weighted by atomic mass is 10.1. The molecule has 10 heteroatoms. The van der Waals surface area contributed by atoms with Crippen LogP contribution in [0.4, 0.5) is 5.69 Å². The van der Waals surface area contributed by atoms with Crippen molar-refractivity contribution in [2.45, 2.75) is 53.6 Å². The number of allylic oxidation sites excluding steroid dienone is 4. The Morgan fingerprint density at radius 1 is 1.18 bits per heavy atom.